The van der Waals surface area contributed by atoms with Crippen molar-refractivity contribution in [3.05, 3.63) is 23.9 Å². The van der Waals surface area contributed by atoms with E-state index in [1.807, 2.05) is 6.20 Å². The second kappa shape index (κ2) is 12.6. The molecule has 1 aliphatic heterocycles. The highest BCUT2D eigenvalue weighted by atomic mass is 127. The average Bonchev–Trinajstić information content (AvgIpc) is 3.54. The molecule has 29 heavy (non-hydrogen) atoms. The van der Waals surface area contributed by atoms with Crippen molar-refractivity contribution < 1.29 is 4.74 Å². The summed E-state index contributed by atoms with van der Waals surface area (Å²) in [4.78, 5) is 14.0. The molecule has 0 bridgehead atoms. The SMILES string of the molecule is CCNC(=NCc1ccc(N2CCC(C)CC2)nc1)N(C)CCOCC1CC1.I. The zero-order valence-corrected chi connectivity index (χ0v) is 20.6. The summed E-state index contributed by atoms with van der Waals surface area (Å²) in [5.41, 5.74) is 1.14. The number of nitrogens with zero attached hydrogens (tertiary/aromatic N) is 4. The van der Waals surface area contributed by atoms with Crippen LogP contribution in [-0.4, -0.2) is 62.3 Å². The number of aromatic nitrogens is 1. The van der Waals surface area contributed by atoms with E-state index in [0.29, 0.717) is 6.54 Å². The van der Waals surface area contributed by atoms with E-state index in [0.717, 1.165) is 68.6 Å². The minimum absolute atomic E-state index is 0. The van der Waals surface area contributed by atoms with Crippen molar-refractivity contribution in [2.24, 2.45) is 16.8 Å². The Kier molecular flexibility index (Phi) is 10.5. The quantitative estimate of drug-likeness (QED) is 0.235. The van der Waals surface area contributed by atoms with Gasteiger partial charge in [-0.15, -0.1) is 24.0 Å². The molecule has 1 aromatic rings. The van der Waals surface area contributed by atoms with Gasteiger partial charge < -0.3 is 19.9 Å². The number of aliphatic imine (C=N–C) groups is 1. The molecule has 0 spiro atoms. The van der Waals surface area contributed by atoms with Gasteiger partial charge in [0.15, 0.2) is 5.96 Å². The first kappa shape index (κ1) is 24.2. The summed E-state index contributed by atoms with van der Waals surface area (Å²) in [6.07, 6.45) is 7.17. The summed E-state index contributed by atoms with van der Waals surface area (Å²) in [5.74, 6) is 3.67. The lowest BCUT2D eigenvalue weighted by molar-refractivity contribution is 0.115. The van der Waals surface area contributed by atoms with Crippen LogP contribution in [0.5, 0.6) is 0 Å². The summed E-state index contributed by atoms with van der Waals surface area (Å²) in [7, 11) is 2.07. The Morgan fingerprint density at radius 1 is 1.28 bits per heavy atom. The minimum Gasteiger partial charge on any atom is -0.379 e. The predicted molar refractivity (Wildman–Crippen MR) is 131 cm³/mol. The molecule has 1 N–H and O–H groups in total. The topological polar surface area (TPSA) is 53.0 Å². The molecule has 3 rings (SSSR count). The molecule has 7 heteroatoms. The van der Waals surface area contributed by atoms with E-state index in [4.69, 9.17) is 9.73 Å². The van der Waals surface area contributed by atoms with Crippen LogP contribution >= 0.6 is 24.0 Å². The summed E-state index contributed by atoms with van der Waals surface area (Å²) < 4.78 is 5.76. The lowest BCUT2D eigenvalue weighted by atomic mass is 9.99. The number of guanidine groups is 1. The van der Waals surface area contributed by atoms with Gasteiger partial charge >= 0.3 is 0 Å². The number of hydrogen-bond acceptors (Lipinski definition) is 4. The molecule has 6 nitrogen and oxygen atoms in total. The van der Waals surface area contributed by atoms with Gasteiger partial charge in [0.25, 0.3) is 0 Å². The lowest BCUT2D eigenvalue weighted by Gasteiger charge is -2.31. The zero-order valence-electron chi connectivity index (χ0n) is 18.3. The van der Waals surface area contributed by atoms with Crippen molar-refractivity contribution in [2.45, 2.75) is 46.1 Å². The van der Waals surface area contributed by atoms with Gasteiger partial charge in [-0.2, -0.15) is 0 Å². The Hall–Kier alpha value is -1.09. The van der Waals surface area contributed by atoms with Crippen LogP contribution < -0.4 is 10.2 Å². The van der Waals surface area contributed by atoms with Crippen molar-refractivity contribution >= 4 is 35.8 Å². The van der Waals surface area contributed by atoms with E-state index in [2.05, 4.69) is 53.1 Å². The van der Waals surface area contributed by atoms with Crippen molar-refractivity contribution in [1.29, 1.82) is 0 Å². The van der Waals surface area contributed by atoms with Crippen LogP contribution in [0.4, 0.5) is 5.82 Å². The smallest absolute Gasteiger partial charge is 0.194 e. The molecule has 1 aliphatic carbocycles. The molecule has 0 unspecified atom stereocenters. The van der Waals surface area contributed by atoms with E-state index in [1.54, 1.807) is 0 Å². The number of hydrogen-bond donors (Lipinski definition) is 1. The maximum atomic E-state index is 5.76. The van der Waals surface area contributed by atoms with E-state index in [9.17, 15) is 0 Å². The molecule has 0 aromatic carbocycles. The van der Waals surface area contributed by atoms with Crippen LogP contribution in [0.15, 0.2) is 23.3 Å². The highest BCUT2D eigenvalue weighted by molar-refractivity contribution is 14.0. The van der Waals surface area contributed by atoms with Gasteiger partial charge in [0.1, 0.15) is 5.82 Å². The maximum Gasteiger partial charge on any atom is 0.194 e. The molecule has 2 aliphatic rings. The van der Waals surface area contributed by atoms with Crippen molar-refractivity contribution in [2.75, 3.05) is 51.3 Å². The second-order valence-electron chi connectivity index (χ2n) is 8.30. The minimum atomic E-state index is 0. The third kappa shape index (κ3) is 8.28. The summed E-state index contributed by atoms with van der Waals surface area (Å²) in [5, 5.41) is 3.37. The third-order valence-electron chi connectivity index (χ3n) is 5.65. The zero-order chi connectivity index (χ0) is 19.8. The summed E-state index contributed by atoms with van der Waals surface area (Å²) in [6, 6.07) is 4.30. The standard InChI is InChI=1S/C22H37N5O.HI/c1-4-23-22(26(3)13-14-28-17-19-5-6-19)25-16-20-7-8-21(24-15-20)27-11-9-18(2)10-12-27;/h7-8,15,18-19H,4-6,9-14,16-17H2,1-3H3,(H,23,25);1H. The molecule has 2 fully saturated rings. The lowest BCUT2D eigenvalue weighted by Crippen LogP contribution is -2.40. The molecular formula is C22H38IN5O. The van der Waals surface area contributed by atoms with Crippen LogP contribution in [0.2, 0.25) is 0 Å². The Balaban J connectivity index is 0.00000300. The molecule has 164 valence electrons. The number of halogens is 1. The molecule has 0 amide bonds. The second-order valence-corrected chi connectivity index (χ2v) is 8.30. The first-order chi connectivity index (χ1) is 13.7. The van der Waals surface area contributed by atoms with Gasteiger partial charge in [-0.1, -0.05) is 13.0 Å². The van der Waals surface area contributed by atoms with Crippen LogP contribution in [-0.2, 0) is 11.3 Å². The molecule has 2 heterocycles. The number of rotatable bonds is 9. The molecule has 0 atom stereocenters. The van der Waals surface area contributed by atoms with Gasteiger partial charge in [0, 0.05) is 46.0 Å². The van der Waals surface area contributed by atoms with Crippen LogP contribution in [0.3, 0.4) is 0 Å². The predicted octanol–water partition coefficient (Wildman–Crippen LogP) is 3.76. The highest BCUT2D eigenvalue weighted by Crippen LogP contribution is 2.28. The van der Waals surface area contributed by atoms with Gasteiger partial charge in [-0.05, 0) is 56.1 Å². The van der Waals surface area contributed by atoms with Gasteiger partial charge in [-0.25, -0.2) is 9.98 Å². The van der Waals surface area contributed by atoms with E-state index in [1.165, 1.54) is 25.7 Å². The Morgan fingerprint density at radius 2 is 2.03 bits per heavy atom. The molecule has 1 saturated carbocycles. The summed E-state index contributed by atoms with van der Waals surface area (Å²) >= 11 is 0. The largest absolute Gasteiger partial charge is 0.379 e. The Labute approximate surface area is 193 Å². The molecule has 1 saturated heterocycles. The fourth-order valence-electron chi connectivity index (χ4n) is 3.41. The maximum absolute atomic E-state index is 5.76. The molecule has 0 radical (unpaired) electrons. The number of anilines is 1. The number of pyridine rings is 1. The first-order valence-corrected chi connectivity index (χ1v) is 10.9. The van der Waals surface area contributed by atoms with E-state index in [-0.39, 0.29) is 24.0 Å². The van der Waals surface area contributed by atoms with Crippen molar-refractivity contribution in [3.63, 3.8) is 0 Å². The van der Waals surface area contributed by atoms with Gasteiger partial charge in [0.2, 0.25) is 0 Å². The highest BCUT2D eigenvalue weighted by Gasteiger charge is 2.21. The third-order valence-corrected chi connectivity index (χ3v) is 5.65. The number of piperidine rings is 1. The normalized spacial score (nSPS) is 17.8. The molecule has 1 aromatic heterocycles. The number of ether oxygens (including phenoxy) is 1. The Bertz CT molecular complexity index is 612. The fourth-order valence-corrected chi connectivity index (χ4v) is 3.41. The van der Waals surface area contributed by atoms with Crippen LogP contribution in [0, 0.1) is 11.8 Å². The first-order valence-electron chi connectivity index (χ1n) is 10.9. The summed E-state index contributed by atoms with van der Waals surface area (Å²) in [6.45, 7) is 10.7. The molecular weight excluding hydrogens is 477 g/mol. The Morgan fingerprint density at radius 3 is 2.66 bits per heavy atom. The fraction of sp³-hybridized carbons (Fsp3) is 0.727. The van der Waals surface area contributed by atoms with Crippen molar-refractivity contribution in [3.8, 4) is 0 Å². The van der Waals surface area contributed by atoms with Crippen LogP contribution in [0.1, 0.15) is 45.1 Å². The van der Waals surface area contributed by atoms with Crippen molar-refractivity contribution in [1.82, 2.24) is 15.2 Å². The number of nitrogens with one attached hydrogen (secondary N) is 1. The average molecular weight is 515 g/mol. The monoisotopic (exact) mass is 515 g/mol. The van der Waals surface area contributed by atoms with Gasteiger partial charge in [-0.3, -0.25) is 0 Å². The van der Waals surface area contributed by atoms with Gasteiger partial charge in [0.05, 0.1) is 13.2 Å². The van der Waals surface area contributed by atoms with Crippen LogP contribution in [0.25, 0.3) is 0 Å². The van der Waals surface area contributed by atoms with E-state index < -0.39 is 0 Å². The van der Waals surface area contributed by atoms with E-state index >= 15 is 0 Å². The number of likely N-dealkylation sites (N-methyl/N-ethyl adjacent to an activating group) is 1.